The lowest BCUT2D eigenvalue weighted by molar-refractivity contribution is 0.102. The monoisotopic (exact) mass is 423 g/mol. The fourth-order valence-corrected chi connectivity index (χ4v) is 4.11. The zero-order chi connectivity index (χ0) is 20.9. The fourth-order valence-electron chi connectivity index (χ4n) is 3.09. The number of thiazole rings is 1. The van der Waals surface area contributed by atoms with Crippen molar-refractivity contribution in [3.63, 3.8) is 0 Å². The highest BCUT2D eigenvalue weighted by molar-refractivity contribution is 7.15. The third-order valence-corrected chi connectivity index (χ3v) is 5.57. The van der Waals surface area contributed by atoms with Gasteiger partial charge in [0.2, 0.25) is 0 Å². The summed E-state index contributed by atoms with van der Waals surface area (Å²) in [6, 6.07) is 16.4. The van der Waals surface area contributed by atoms with E-state index in [1.165, 1.54) is 11.3 Å². The molecule has 4 rings (SSSR count). The number of rotatable bonds is 5. The van der Waals surface area contributed by atoms with E-state index in [9.17, 15) is 9.59 Å². The lowest BCUT2D eigenvalue weighted by atomic mass is 10.2. The number of carbonyl (C=O) groups is 2. The van der Waals surface area contributed by atoms with Gasteiger partial charge < -0.3 is 14.4 Å². The Balaban J connectivity index is 1.38. The van der Waals surface area contributed by atoms with Crippen molar-refractivity contribution in [2.75, 3.05) is 18.5 Å². The van der Waals surface area contributed by atoms with Crippen molar-refractivity contribution in [2.24, 2.45) is 0 Å². The van der Waals surface area contributed by atoms with Gasteiger partial charge in [0.05, 0.1) is 18.8 Å². The average Bonchev–Trinajstić information content (AvgIpc) is 3.16. The molecular formula is C22H21N3O4S. The lowest BCUT2D eigenvalue weighted by Crippen LogP contribution is -2.35. The first kappa shape index (κ1) is 19.9. The Bertz CT molecular complexity index is 1030. The number of amides is 2. The Kier molecular flexibility index (Phi) is 5.94. The maximum atomic E-state index is 12.6. The smallest absolute Gasteiger partial charge is 0.410 e. The van der Waals surface area contributed by atoms with Gasteiger partial charge in [0.25, 0.3) is 5.91 Å². The number of para-hydroxylation sites is 1. The topological polar surface area (TPSA) is 80.8 Å². The summed E-state index contributed by atoms with van der Waals surface area (Å²) < 4.78 is 10.8. The second kappa shape index (κ2) is 8.96. The molecule has 1 aliphatic heterocycles. The third-order valence-electron chi connectivity index (χ3n) is 4.57. The Morgan fingerprint density at radius 2 is 1.83 bits per heavy atom. The van der Waals surface area contributed by atoms with Crippen molar-refractivity contribution in [2.45, 2.75) is 19.9 Å². The molecule has 8 heteroatoms. The van der Waals surface area contributed by atoms with Crippen LogP contribution in [-0.4, -0.2) is 35.0 Å². The zero-order valence-electron chi connectivity index (χ0n) is 16.5. The number of anilines is 1. The molecule has 1 N–H and O–H groups in total. The minimum absolute atomic E-state index is 0.241. The average molecular weight is 423 g/mol. The molecule has 1 aliphatic rings. The maximum Gasteiger partial charge on any atom is 0.410 e. The standard InChI is InChI=1S/C22H21N3O4S/c1-2-28-22(27)25-13-12-18-19(14-25)30-21(23-18)24-20(26)15-8-10-17(11-9-15)29-16-6-4-3-5-7-16/h3-11H,2,12-14H2,1H3,(H,23,24,26). The molecule has 1 aromatic heterocycles. The highest BCUT2D eigenvalue weighted by Gasteiger charge is 2.25. The maximum absolute atomic E-state index is 12.6. The van der Waals surface area contributed by atoms with Gasteiger partial charge in [-0.25, -0.2) is 9.78 Å². The van der Waals surface area contributed by atoms with Crippen LogP contribution >= 0.6 is 11.3 Å². The summed E-state index contributed by atoms with van der Waals surface area (Å²) in [6.07, 6.45) is 0.325. The number of nitrogens with zero attached hydrogens (tertiary/aromatic N) is 2. The molecule has 0 spiro atoms. The minimum Gasteiger partial charge on any atom is -0.457 e. The number of fused-ring (bicyclic) bond motifs is 1. The minimum atomic E-state index is -0.319. The summed E-state index contributed by atoms with van der Waals surface area (Å²) in [5.74, 6) is 1.15. The first-order valence-corrected chi connectivity index (χ1v) is 10.5. The molecule has 0 radical (unpaired) electrons. The van der Waals surface area contributed by atoms with Crippen molar-refractivity contribution in [1.82, 2.24) is 9.88 Å². The molecule has 0 bridgehead atoms. The van der Waals surface area contributed by atoms with E-state index in [-0.39, 0.29) is 12.0 Å². The molecule has 0 saturated carbocycles. The van der Waals surface area contributed by atoms with Gasteiger partial charge in [0.15, 0.2) is 5.13 Å². The molecule has 154 valence electrons. The van der Waals surface area contributed by atoms with Crippen molar-refractivity contribution in [1.29, 1.82) is 0 Å². The third kappa shape index (κ3) is 4.60. The van der Waals surface area contributed by atoms with Crippen LogP contribution in [0, 0.1) is 0 Å². The van der Waals surface area contributed by atoms with Crippen LogP contribution in [0.25, 0.3) is 0 Å². The van der Waals surface area contributed by atoms with E-state index in [4.69, 9.17) is 9.47 Å². The van der Waals surface area contributed by atoms with Crippen molar-refractivity contribution >= 4 is 28.5 Å². The van der Waals surface area contributed by atoms with Gasteiger partial charge in [0.1, 0.15) is 11.5 Å². The highest BCUT2D eigenvalue weighted by Crippen LogP contribution is 2.29. The van der Waals surface area contributed by atoms with E-state index in [1.807, 2.05) is 30.3 Å². The Morgan fingerprint density at radius 3 is 2.57 bits per heavy atom. The van der Waals surface area contributed by atoms with E-state index in [2.05, 4.69) is 10.3 Å². The Labute approximate surface area is 178 Å². The number of benzene rings is 2. The molecule has 0 fully saturated rings. The van der Waals surface area contributed by atoms with Crippen molar-refractivity contribution in [3.8, 4) is 11.5 Å². The summed E-state index contributed by atoms with van der Waals surface area (Å²) in [6.45, 7) is 3.15. The predicted octanol–water partition coefficient (Wildman–Crippen LogP) is 4.70. The van der Waals surface area contributed by atoms with Gasteiger partial charge in [-0.05, 0) is 43.3 Å². The molecule has 0 saturated heterocycles. The number of carbonyl (C=O) groups excluding carboxylic acids is 2. The Morgan fingerprint density at radius 1 is 1.10 bits per heavy atom. The fraction of sp³-hybridized carbons (Fsp3) is 0.227. The van der Waals surface area contributed by atoms with Crippen LogP contribution in [0.2, 0.25) is 0 Å². The second-order valence-electron chi connectivity index (χ2n) is 6.65. The van der Waals surface area contributed by atoms with Gasteiger partial charge in [-0.2, -0.15) is 0 Å². The quantitative estimate of drug-likeness (QED) is 0.643. The van der Waals surface area contributed by atoms with Crippen LogP contribution in [-0.2, 0) is 17.7 Å². The van der Waals surface area contributed by atoms with Gasteiger partial charge in [0, 0.05) is 23.4 Å². The Hall–Kier alpha value is -3.39. The summed E-state index contributed by atoms with van der Waals surface area (Å²) in [5, 5.41) is 3.37. The van der Waals surface area contributed by atoms with Crippen LogP contribution in [0.15, 0.2) is 54.6 Å². The molecule has 0 aliphatic carbocycles. The van der Waals surface area contributed by atoms with Gasteiger partial charge in [-0.3, -0.25) is 10.1 Å². The van der Waals surface area contributed by atoms with Crippen LogP contribution in [0.4, 0.5) is 9.93 Å². The molecule has 2 heterocycles. The summed E-state index contributed by atoms with van der Waals surface area (Å²) in [7, 11) is 0. The second-order valence-corrected chi connectivity index (χ2v) is 7.74. The number of hydrogen-bond donors (Lipinski definition) is 1. The predicted molar refractivity (Wildman–Crippen MR) is 114 cm³/mol. The normalized spacial score (nSPS) is 12.8. The van der Waals surface area contributed by atoms with E-state index in [0.29, 0.717) is 42.6 Å². The first-order chi connectivity index (χ1) is 14.6. The molecule has 3 aromatic rings. The van der Waals surface area contributed by atoms with Crippen LogP contribution < -0.4 is 10.1 Å². The van der Waals surface area contributed by atoms with Gasteiger partial charge >= 0.3 is 6.09 Å². The van der Waals surface area contributed by atoms with Crippen LogP contribution in [0.3, 0.4) is 0 Å². The highest BCUT2D eigenvalue weighted by atomic mass is 32.1. The largest absolute Gasteiger partial charge is 0.457 e. The van der Waals surface area contributed by atoms with E-state index < -0.39 is 0 Å². The summed E-state index contributed by atoms with van der Waals surface area (Å²) >= 11 is 1.39. The molecule has 0 unspecified atom stereocenters. The lowest BCUT2D eigenvalue weighted by Gasteiger charge is -2.24. The summed E-state index contributed by atoms with van der Waals surface area (Å²) in [4.78, 5) is 31.6. The molecule has 7 nitrogen and oxygen atoms in total. The zero-order valence-corrected chi connectivity index (χ0v) is 17.3. The molecular weight excluding hydrogens is 402 g/mol. The molecule has 2 amide bonds. The van der Waals surface area contributed by atoms with Crippen molar-refractivity contribution < 1.29 is 19.1 Å². The number of nitrogens with one attached hydrogen (secondary N) is 1. The SMILES string of the molecule is CCOC(=O)N1CCc2nc(NC(=O)c3ccc(Oc4ccccc4)cc3)sc2C1. The number of ether oxygens (including phenoxy) is 2. The van der Waals surface area contributed by atoms with Crippen molar-refractivity contribution in [3.05, 3.63) is 70.7 Å². The van der Waals surface area contributed by atoms with E-state index in [1.54, 1.807) is 36.1 Å². The summed E-state index contributed by atoms with van der Waals surface area (Å²) in [5.41, 5.74) is 1.43. The molecule has 30 heavy (non-hydrogen) atoms. The van der Waals surface area contributed by atoms with Crippen LogP contribution in [0.5, 0.6) is 11.5 Å². The van der Waals surface area contributed by atoms with E-state index in [0.717, 1.165) is 16.3 Å². The van der Waals surface area contributed by atoms with Gasteiger partial charge in [-0.1, -0.05) is 29.5 Å². The molecule has 0 atom stereocenters. The molecule has 2 aromatic carbocycles. The number of aromatic nitrogens is 1. The van der Waals surface area contributed by atoms with E-state index >= 15 is 0 Å². The van der Waals surface area contributed by atoms with Gasteiger partial charge in [-0.15, -0.1) is 0 Å². The number of hydrogen-bond acceptors (Lipinski definition) is 6. The van der Waals surface area contributed by atoms with Crippen LogP contribution in [0.1, 0.15) is 27.9 Å². The first-order valence-electron chi connectivity index (χ1n) is 9.67.